The Morgan fingerprint density at radius 2 is 1.88 bits per heavy atom. The summed E-state index contributed by atoms with van der Waals surface area (Å²) in [6, 6.07) is 10.3. The normalized spacial score (nSPS) is 42.9. The molecule has 0 amide bonds. The van der Waals surface area contributed by atoms with Crippen LogP contribution < -0.4 is 0 Å². The fraction of sp³-hybridized carbons (Fsp3) is 0.741. The van der Waals surface area contributed by atoms with E-state index in [0.29, 0.717) is 18.3 Å². The summed E-state index contributed by atoms with van der Waals surface area (Å²) < 4.78 is 12.0. The van der Waals surface area contributed by atoms with E-state index in [-0.39, 0.29) is 29.0 Å². The molecule has 6 rings (SSSR count). The van der Waals surface area contributed by atoms with Gasteiger partial charge in [0.15, 0.2) is 0 Å². The first-order chi connectivity index (χ1) is 15.4. The monoisotopic (exact) mass is 439 g/mol. The van der Waals surface area contributed by atoms with E-state index in [2.05, 4.69) is 24.0 Å². The second-order valence-corrected chi connectivity index (χ2v) is 11.8. The minimum Gasteiger partial charge on any atom is -0.462 e. The second-order valence-electron chi connectivity index (χ2n) is 11.8. The topological polar surface area (TPSA) is 62.3 Å². The number of carbonyl (C=O) groups excluding carboxylic acids is 1. The van der Waals surface area contributed by atoms with Crippen LogP contribution in [0.4, 0.5) is 0 Å². The van der Waals surface area contributed by atoms with Gasteiger partial charge in [0.2, 0.25) is 0 Å². The Morgan fingerprint density at radius 3 is 2.59 bits per heavy atom. The first-order valence-electron chi connectivity index (χ1n) is 12.7. The van der Waals surface area contributed by atoms with E-state index in [1.54, 1.807) is 0 Å². The van der Waals surface area contributed by atoms with Crippen molar-refractivity contribution in [2.75, 3.05) is 26.2 Å². The lowest BCUT2D eigenvalue weighted by molar-refractivity contribution is -0.147. The van der Waals surface area contributed by atoms with Gasteiger partial charge >= 0.3 is 5.97 Å². The third kappa shape index (κ3) is 3.61. The van der Waals surface area contributed by atoms with Crippen LogP contribution in [0.3, 0.4) is 0 Å². The van der Waals surface area contributed by atoms with Gasteiger partial charge in [-0.1, -0.05) is 37.3 Å². The first kappa shape index (κ1) is 21.1. The number of carbonyl (C=O) groups is 1. The van der Waals surface area contributed by atoms with Gasteiger partial charge in [-0.2, -0.15) is 0 Å². The summed E-state index contributed by atoms with van der Waals surface area (Å²) in [6.45, 7) is 5.79. The van der Waals surface area contributed by atoms with Crippen LogP contribution in [0.1, 0.15) is 57.4 Å². The molecule has 174 valence electrons. The highest BCUT2D eigenvalue weighted by Gasteiger charge is 2.65. The van der Waals surface area contributed by atoms with Crippen molar-refractivity contribution in [1.29, 1.82) is 0 Å². The number of fused-ring (bicyclic) bond motifs is 3. The number of benzene rings is 1. The fourth-order valence-corrected chi connectivity index (χ4v) is 7.75. The van der Waals surface area contributed by atoms with E-state index in [1.165, 1.54) is 24.8 Å². The molecule has 3 aliphatic heterocycles. The minimum atomic E-state index is -0.638. The quantitative estimate of drug-likeness (QED) is 0.574. The molecule has 32 heavy (non-hydrogen) atoms. The molecule has 5 nitrogen and oxygen atoms in total. The molecular weight excluding hydrogens is 402 g/mol. The molecule has 6 atom stereocenters. The number of esters is 1. The first-order valence-corrected chi connectivity index (χ1v) is 12.7. The van der Waals surface area contributed by atoms with Crippen LogP contribution >= 0.6 is 0 Å². The van der Waals surface area contributed by atoms with Crippen LogP contribution in [0.25, 0.3) is 0 Å². The number of epoxide rings is 1. The molecule has 2 aliphatic carbocycles. The van der Waals surface area contributed by atoms with Crippen molar-refractivity contribution in [3.63, 3.8) is 0 Å². The van der Waals surface area contributed by atoms with Gasteiger partial charge in [0.05, 0.1) is 23.7 Å². The van der Waals surface area contributed by atoms with Gasteiger partial charge < -0.3 is 19.5 Å². The van der Waals surface area contributed by atoms with E-state index in [9.17, 15) is 9.90 Å². The van der Waals surface area contributed by atoms with Crippen molar-refractivity contribution in [2.24, 2.45) is 23.2 Å². The second kappa shape index (κ2) is 7.54. The molecule has 3 saturated heterocycles. The van der Waals surface area contributed by atoms with Gasteiger partial charge in [0, 0.05) is 32.0 Å². The predicted octanol–water partition coefficient (Wildman–Crippen LogP) is 3.58. The molecule has 1 aromatic rings. The van der Waals surface area contributed by atoms with Crippen LogP contribution in [-0.4, -0.2) is 59.5 Å². The smallest absolute Gasteiger partial charge is 0.310 e. The third-order valence-electron chi connectivity index (χ3n) is 9.70. The number of ether oxygens (including phenoxy) is 2. The lowest BCUT2D eigenvalue weighted by atomic mass is 9.53. The number of piperidine rings is 1. The van der Waals surface area contributed by atoms with Crippen molar-refractivity contribution in [3.8, 4) is 0 Å². The number of nitrogens with zero attached hydrogens (tertiary/aromatic N) is 1. The zero-order valence-corrected chi connectivity index (χ0v) is 19.3. The maximum atomic E-state index is 12.9. The van der Waals surface area contributed by atoms with Gasteiger partial charge in [-0.25, -0.2) is 0 Å². The number of hydrogen-bond acceptors (Lipinski definition) is 5. The Kier molecular flexibility index (Phi) is 4.98. The standard InChI is InChI=1S/C27H37NO4/c1-25-8-5-9-27(18-31-27)23(25)14-20-21(24(29)32-22(20)16-25)17-28-12-10-26(30,11-13-28)15-19-6-3-2-4-7-19/h2-4,6-7,20-23,30H,5,8-18H2,1H3/t20-,21-,22-,23-,25-,27-/m1/s1. The Labute approximate surface area is 191 Å². The number of aliphatic hydroxyl groups is 1. The van der Waals surface area contributed by atoms with E-state index in [4.69, 9.17) is 9.47 Å². The van der Waals surface area contributed by atoms with Crippen LogP contribution in [0.5, 0.6) is 0 Å². The van der Waals surface area contributed by atoms with Gasteiger partial charge in [-0.05, 0) is 61.8 Å². The Bertz CT molecular complexity index is 860. The van der Waals surface area contributed by atoms with Crippen molar-refractivity contribution in [1.82, 2.24) is 4.90 Å². The molecule has 2 saturated carbocycles. The third-order valence-corrected chi connectivity index (χ3v) is 9.70. The maximum absolute atomic E-state index is 12.9. The SMILES string of the molecule is C[C@]12CCC[C@@]3(CO3)[C@@H]1C[C@H]1[C@@H](C2)OC(=O)[C@@H]1CN1CCC(O)(Cc2ccccc2)CC1. The van der Waals surface area contributed by atoms with Crippen LogP contribution in [0.15, 0.2) is 30.3 Å². The van der Waals surface area contributed by atoms with E-state index < -0.39 is 5.60 Å². The summed E-state index contributed by atoms with van der Waals surface area (Å²) in [5, 5.41) is 11.1. The number of hydrogen-bond donors (Lipinski definition) is 1. The highest BCUT2D eigenvalue weighted by atomic mass is 16.6. The van der Waals surface area contributed by atoms with Crippen LogP contribution in [0, 0.1) is 23.2 Å². The lowest BCUT2D eigenvalue weighted by Gasteiger charge is -2.51. The van der Waals surface area contributed by atoms with Crippen LogP contribution in [0.2, 0.25) is 0 Å². The van der Waals surface area contributed by atoms with E-state index >= 15 is 0 Å². The summed E-state index contributed by atoms with van der Waals surface area (Å²) in [7, 11) is 0. The van der Waals surface area contributed by atoms with Crippen molar-refractivity contribution >= 4 is 5.97 Å². The van der Waals surface area contributed by atoms with Crippen molar-refractivity contribution in [2.45, 2.75) is 75.6 Å². The molecule has 5 aliphatic rings. The number of likely N-dealkylation sites (tertiary alicyclic amines) is 1. The average molecular weight is 440 g/mol. The molecule has 3 heterocycles. The lowest BCUT2D eigenvalue weighted by Crippen LogP contribution is -2.52. The molecule has 1 N–H and O–H groups in total. The summed E-state index contributed by atoms with van der Waals surface area (Å²) in [4.78, 5) is 15.3. The maximum Gasteiger partial charge on any atom is 0.310 e. The highest BCUT2D eigenvalue weighted by molar-refractivity contribution is 5.75. The number of rotatable bonds is 4. The molecule has 0 unspecified atom stereocenters. The zero-order valence-electron chi connectivity index (χ0n) is 19.3. The van der Waals surface area contributed by atoms with E-state index in [0.717, 1.165) is 51.9 Å². The molecular formula is C27H37NO4. The van der Waals surface area contributed by atoms with Crippen molar-refractivity contribution < 1.29 is 19.4 Å². The van der Waals surface area contributed by atoms with Gasteiger partial charge in [0.1, 0.15) is 6.10 Å². The molecule has 0 aromatic heterocycles. The summed E-state index contributed by atoms with van der Waals surface area (Å²) in [5.74, 6) is 0.880. The molecule has 5 fully saturated rings. The van der Waals surface area contributed by atoms with Crippen LogP contribution in [-0.2, 0) is 20.7 Å². The predicted molar refractivity (Wildman–Crippen MR) is 121 cm³/mol. The summed E-state index contributed by atoms with van der Waals surface area (Å²) in [6.07, 6.45) is 8.06. The Hall–Kier alpha value is -1.43. The Morgan fingerprint density at radius 1 is 1.12 bits per heavy atom. The molecule has 1 spiro atoms. The molecule has 1 aromatic carbocycles. The van der Waals surface area contributed by atoms with Crippen molar-refractivity contribution in [3.05, 3.63) is 35.9 Å². The highest BCUT2D eigenvalue weighted by Crippen LogP contribution is 2.62. The summed E-state index contributed by atoms with van der Waals surface area (Å²) >= 11 is 0. The summed E-state index contributed by atoms with van der Waals surface area (Å²) in [5.41, 5.74) is 0.915. The van der Waals surface area contributed by atoms with Gasteiger partial charge in [0.25, 0.3) is 0 Å². The fourth-order valence-electron chi connectivity index (χ4n) is 7.75. The van der Waals surface area contributed by atoms with E-state index in [1.807, 2.05) is 18.2 Å². The van der Waals surface area contributed by atoms with Gasteiger partial charge in [-0.15, -0.1) is 0 Å². The zero-order chi connectivity index (χ0) is 22.0. The molecule has 5 heteroatoms. The van der Waals surface area contributed by atoms with Gasteiger partial charge in [-0.3, -0.25) is 4.79 Å². The average Bonchev–Trinajstić information content (AvgIpc) is 3.47. The minimum absolute atomic E-state index is 0.0122. The molecule has 0 bridgehead atoms. The largest absolute Gasteiger partial charge is 0.462 e. The molecule has 0 radical (unpaired) electrons. The Balaban J connectivity index is 1.10.